The van der Waals surface area contributed by atoms with Crippen molar-refractivity contribution >= 4 is 21.7 Å². The number of benzene rings is 1. The molecule has 1 aromatic carbocycles. The Morgan fingerprint density at radius 3 is 2.71 bits per heavy atom. The summed E-state index contributed by atoms with van der Waals surface area (Å²) in [5, 5.41) is 3.88. The fraction of sp³-hybridized carbons (Fsp3) is 0.250. The van der Waals surface area contributed by atoms with Gasteiger partial charge in [0.15, 0.2) is 0 Å². The van der Waals surface area contributed by atoms with Crippen LogP contribution in [0, 0.1) is 0 Å². The van der Waals surface area contributed by atoms with E-state index in [1.165, 1.54) is 0 Å². The van der Waals surface area contributed by atoms with Crippen LogP contribution in [-0.4, -0.2) is 15.9 Å². The molecule has 0 aliphatic rings. The minimum atomic E-state index is 0.119. The third-order valence-corrected chi connectivity index (χ3v) is 2.79. The molecule has 0 atom stereocenters. The second kappa shape index (κ2) is 5.23. The van der Waals surface area contributed by atoms with Crippen molar-refractivity contribution in [2.24, 2.45) is 0 Å². The summed E-state index contributed by atoms with van der Waals surface area (Å²) in [5.74, 6) is 1.17. The highest BCUT2D eigenvalue weighted by Gasteiger charge is 2.08. The van der Waals surface area contributed by atoms with Crippen molar-refractivity contribution in [2.45, 2.75) is 19.8 Å². The Morgan fingerprint density at radius 1 is 1.35 bits per heavy atom. The molecule has 0 unspecified atom stereocenters. The summed E-state index contributed by atoms with van der Waals surface area (Å²) in [6.07, 6.45) is 0.931. The fourth-order valence-corrected chi connectivity index (χ4v) is 1.62. The standard InChI is InChI=1S/C12H11BrN2O2/c1-8(16)2-7-11-14-12(15-17-11)9-3-5-10(13)6-4-9/h3-6H,2,7H2,1H3. The van der Waals surface area contributed by atoms with Gasteiger partial charge in [-0.2, -0.15) is 4.98 Å². The molecule has 1 aromatic heterocycles. The van der Waals surface area contributed by atoms with E-state index in [0.717, 1.165) is 10.0 Å². The van der Waals surface area contributed by atoms with E-state index in [2.05, 4.69) is 26.1 Å². The van der Waals surface area contributed by atoms with Crippen molar-refractivity contribution in [3.8, 4) is 11.4 Å². The highest BCUT2D eigenvalue weighted by atomic mass is 79.9. The molecule has 0 amide bonds. The van der Waals surface area contributed by atoms with E-state index < -0.39 is 0 Å². The van der Waals surface area contributed by atoms with Gasteiger partial charge in [-0.15, -0.1) is 0 Å². The normalized spacial score (nSPS) is 10.5. The Hall–Kier alpha value is -1.49. The van der Waals surface area contributed by atoms with E-state index in [-0.39, 0.29) is 5.78 Å². The van der Waals surface area contributed by atoms with Crippen molar-refractivity contribution in [1.82, 2.24) is 10.1 Å². The average Bonchev–Trinajstić information content (AvgIpc) is 2.76. The van der Waals surface area contributed by atoms with Gasteiger partial charge in [0.05, 0.1) is 0 Å². The lowest BCUT2D eigenvalue weighted by molar-refractivity contribution is -0.117. The van der Waals surface area contributed by atoms with Crippen LogP contribution in [0.2, 0.25) is 0 Å². The highest BCUT2D eigenvalue weighted by Crippen LogP contribution is 2.19. The van der Waals surface area contributed by atoms with E-state index in [1.807, 2.05) is 24.3 Å². The van der Waals surface area contributed by atoms with Gasteiger partial charge in [-0.05, 0) is 31.2 Å². The van der Waals surface area contributed by atoms with Crippen LogP contribution in [0.5, 0.6) is 0 Å². The lowest BCUT2D eigenvalue weighted by Crippen LogP contribution is -1.94. The van der Waals surface area contributed by atoms with Crippen LogP contribution in [-0.2, 0) is 11.2 Å². The Bertz CT molecular complexity index is 520. The van der Waals surface area contributed by atoms with Gasteiger partial charge in [0.1, 0.15) is 5.78 Å². The number of rotatable bonds is 4. The van der Waals surface area contributed by atoms with Crippen LogP contribution in [0.3, 0.4) is 0 Å². The van der Waals surface area contributed by atoms with Crippen LogP contribution in [0.4, 0.5) is 0 Å². The molecule has 0 aliphatic carbocycles. The number of hydrogen-bond acceptors (Lipinski definition) is 4. The van der Waals surface area contributed by atoms with Crippen molar-refractivity contribution < 1.29 is 9.32 Å². The van der Waals surface area contributed by atoms with Crippen LogP contribution >= 0.6 is 15.9 Å². The molecule has 0 saturated carbocycles. The Labute approximate surface area is 107 Å². The number of ketones is 1. The fourth-order valence-electron chi connectivity index (χ4n) is 1.36. The van der Waals surface area contributed by atoms with Crippen molar-refractivity contribution in [2.75, 3.05) is 0 Å². The molecule has 0 spiro atoms. The molecule has 2 aromatic rings. The number of hydrogen-bond donors (Lipinski definition) is 0. The van der Waals surface area contributed by atoms with Gasteiger partial charge in [-0.1, -0.05) is 21.1 Å². The van der Waals surface area contributed by atoms with E-state index in [1.54, 1.807) is 6.92 Å². The van der Waals surface area contributed by atoms with Gasteiger partial charge in [-0.25, -0.2) is 0 Å². The first-order valence-electron chi connectivity index (χ1n) is 5.23. The van der Waals surface area contributed by atoms with Crippen LogP contribution in [0.15, 0.2) is 33.3 Å². The molecule has 0 fully saturated rings. The van der Waals surface area contributed by atoms with Gasteiger partial charge >= 0.3 is 0 Å². The van der Waals surface area contributed by atoms with E-state index in [9.17, 15) is 4.79 Å². The molecule has 1 heterocycles. The zero-order chi connectivity index (χ0) is 12.3. The number of Topliss-reactive ketones (excluding diaryl/α,β-unsaturated/α-hetero) is 1. The lowest BCUT2D eigenvalue weighted by Gasteiger charge is -1.93. The first kappa shape index (κ1) is 12.0. The van der Waals surface area contributed by atoms with Crippen LogP contribution < -0.4 is 0 Å². The number of carbonyl (C=O) groups is 1. The molecular formula is C12H11BrN2O2. The minimum absolute atomic E-state index is 0.119. The summed E-state index contributed by atoms with van der Waals surface area (Å²) in [7, 11) is 0. The molecule has 0 N–H and O–H groups in total. The van der Waals surface area contributed by atoms with Gasteiger partial charge in [0.2, 0.25) is 11.7 Å². The molecular weight excluding hydrogens is 284 g/mol. The second-order valence-electron chi connectivity index (χ2n) is 3.72. The van der Waals surface area contributed by atoms with Crippen molar-refractivity contribution in [3.05, 3.63) is 34.6 Å². The largest absolute Gasteiger partial charge is 0.339 e. The van der Waals surface area contributed by atoms with E-state index in [4.69, 9.17) is 4.52 Å². The van der Waals surface area contributed by atoms with Gasteiger partial charge in [0.25, 0.3) is 0 Å². The monoisotopic (exact) mass is 294 g/mol. The predicted molar refractivity (Wildman–Crippen MR) is 66.4 cm³/mol. The molecule has 0 radical (unpaired) electrons. The Balaban J connectivity index is 2.12. The maximum atomic E-state index is 10.8. The Morgan fingerprint density at radius 2 is 2.06 bits per heavy atom. The molecule has 0 aliphatic heterocycles. The van der Waals surface area contributed by atoms with Gasteiger partial charge in [0, 0.05) is 22.9 Å². The van der Waals surface area contributed by atoms with Crippen LogP contribution in [0.1, 0.15) is 19.2 Å². The number of nitrogens with zero attached hydrogens (tertiary/aromatic N) is 2. The number of halogens is 1. The quantitative estimate of drug-likeness (QED) is 0.870. The summed E-state index contributed by atoms with van der Waals surface area (Å²) in [6.45, 7) is 1.55. The molecule has 88 valence electrons. The maximum absolute atomic E-state index is 10.8. The molecule has 5 heteroatoms. The summed E-state index contributed by atoms with van der Waals surface area (Å²) in [5.41, 5.74) is 0.894. The molecule has 4 nitrogen and oxygen atoms in total. The van der Waals surface area contributed by atoms with Gasteiger partial charge in [-0.3, -0.25) is 0 Å². The zero-order valence-electron chi connectivity index (χ0n) is 9.31. The topological polar surface area (TPSA) is 56.0 Å². The SMILES string of the molecule is CC(=O)CCc1nc(-c2ccc(Br)cc2)no1. The smallest absolute Gasteiger partial charge is 0.227 e. The summed E-state index contributed by atoms with van der Waals surface area (Å²) in [4.78, 5) is 15.1. The highest BCUT2D eigenvalue weighted by molar-refractivity contribution is 9.10. The molecule has 2 rings (SSSR count). The third-order valence-electron chi connectivity index (χ3n) is 2.26. The first-order valence-corrected chi connectivity index (χ1v) is 6.02. The van der Waals surface area contributed by atoms with Crippen molar-refractivity contribution in [1.29, 1.82) is 0 Å². The zero-order valence-corrected chi connectivity index (χ0v) is 10.9. The second-order valence-corrected chi connectivity index (χ2v) is 4.64. The number of aromatic nitrogens is 2. The summed E-state index contributed by atoms with van der Waals surface area (Å²) in [6, 6.07) is 7.65. The third kappa shape index (κ3) is 3.23. The number of carbonyl (C=O) groups excluding carboxylic acids is 1. The number of aryl methyl sites for hydroxylation is 1. The average molecular weight is 295 g/mol. The molecule has 0 saturated heterocycles. The summed E-state index contributed by atoms with van der Waals surface area (Å²) >= 11 is 3.36. The van der Waals surface area contributed by atoms with E-state index >= 15 is 0 Å². The molecule has 17 heavy (non-hydrogen) atoms. The molecule has 0 bridgehead atoms. The first-order chi connectivity index (χ1) is 8.15. The Kier molecular flexibility index (Phi) is 3.68. The van der Waals surface area contributed by atoms with Crippen LogP contribution in [0.25, 0.3) is 11.4 Å². The summed E-state index contributed by atoms with van der Waals surface area (Å²) < 4.78 is 6.08. The van der Waals surface area contributed by atoms with E-state index in [0.29, 0.717) is 24.6 Å². The van der Waals surface area contributed by atoms with Crippen molar-refractivity contribution in [3.63, 3.8) is 0 Å². The predicted octanol–water partition coefficient (Wildman–Crippen LogP) is 3.02. The maximum Gasteiger partial charge on any atom is 0.227 e. The van der Waals surface area contributed by atoms with Gasteiger partial charge < -0.3 is 9.32 Å². The lowest BCUT2D eigenvalue weighted by atomic mass is 10.2. The minimum Gasteiger partial charge on any atom is -0.339 e.